The number of benzene rings is 1. The molecule has 0 bridgehead atoms. The highest BCUT2D eigenvalue weighted by Gasteiger charge is 2.05. The summed E-state index contributed by atoms with van der Waals surface area (Å²) in [6.07, 6.45) is 1.17. The normalized spacial score (nSPS) is 11.8. The van der Waals surface area contributed by atoms with Crippen LogP contribution in [0.5, 0.6) is 5.75 Å². The first kappa shape index (κ1) is 10.6. The minimum atomic E-state index is -0.0789. The van der Waals surface area contributed by atoms with Crippen molar-refractivity contribution in [3.8, 4) is 11.8 Å². The zero-order chi connectivity index (χ0) is 10.4. The molecule has 0 heterocycles. The highest BCUT2D eigenvalue weighted by Crippen LogP contribution is 2.20. The number of nitrogens with zero attached hydrogens (tertiary/aromatic N) is 1. The predicted molar refractivity (Wildman–Crippen MR) is 54.8 cm³/mol. The first-order chi connectivity index (χ1) is 6.77. The van der Waals surface area contributed by atoms with Crippen LogP contribution in [0.15, 0.2) is 24.3 Å². The first-order valence-electron chi connectivity index (χ1n) is 4.54. The molecule has 1 unspecified atom stereocenters. The Morgan fingerprint density at radius 1 is 1.57 bits per heavy atom. The topological polar surface area (TPSA) is 59.0 Å². The molecule has 1 atom stereocenters. The van der Waals surface area contributed by atoms with Gasteiger partial charge in [-0.1, -0.05) is 12.1 Å². The van der Waals surface area contributed by atoms with E-state index in [-0.39, 0.29) is 6.04 Å². The second-order valence-electron chi connectivity index (χ2n) is 3.08. The number of nitriles is 1. The lowest BCUT2D eigenvalue weighted by Gasteiger charge is -2.10. The zero-order valence-electron chi connectivity index (χ0n) is 8.23. The van der Waals surface area contributed by atoms with E-state index in [4.69, 9.17) is 15.7 Å². The SMILES string of the molecule is COc1cccc(C(N)CCC#N)c1. The molecule has 0 aromatic heterocycles. The molecule has 3 heteroatoms. The lowest BCUT2D eigenvalue weighted by atomic mass is 10.0. The number of hydrogen-bond acceptors (Lipinski definition) is 3. The lowest BCUT2D eigenvalue weighted by Crippen LogP contribution is -2.09. The van der Waals surface area contributed by atoms with Crippen LogP contribution in [0.2, 0.25) is 0 Å². The minimum Gasteiger partial charge on any atom is -0.497 e. The first-order valence-corrected chi connectivity index (χ1v) is 4.54. The highest BCUT2D eigenvalue weighted by atomic mass is 16.5. The van der Waals surface area contributed by atoms with Gasteiger partial charge in [0.25, 0.3) is 0 Å². The molecular formula is C11H14N2O. The fourth-order valence-electron chi connectivity index (χ4n) is 1.26. The molecule has 3 nitrogen and oxygen atoms in total. The van der Waals surface area contributed by atoms with Crippen molar-refractivity contribution in [3.63, 3.8) is 0 Å². The quantitative estimate of drug-likeness (QED) is 0.789. The summed E-state index contributed by atoms with van der Waals surface area (Å²) in [5.41, 5.74) is 6.91. The molecule has 0 aliphatic carbocycles. The molecule has 0 saturated carbocycles. The van der Waals surface area contributed by atoms with Gasteiger partial charge in [0.15, 0.2) is 0 Å². The van der Waals surface area contributed by atoms with Crippen LogP contribution < -0.4 is 10.5 Å². The minimum absolute atomic E-state index is 0.0789. The van der Waals surface area contributed by atoms with Crippen molar-refractivity contribution in [1.29, 1.82) is 5.26 Å². The molecule has 74 valence electrons. The number of hydrogen-bond donors (Lipinski definition) is 1. The smallest absolute Gasteiger partial charge is 0.119 e. The third-order valence-corrected chi connectivity index (χ3v) is 2.09. The summed E-state index contributed by atoms with van der Waals surface area (Å²) in [4.78, 5) is 0. The van der Waals surface area contributed by atoms with Crippen molar-refractivity contribution in [1.82, 2.24) is 0 Å². The highest BCUT2D eigenvalue weighted by molar-refractivity contribution is 5.30. The van der Waals surface area contributed by atoms with E-state index in [0.29, 0.717) is 12.8 Å². The molecule has 0 saturated heterocycles. The van der Waals surface area contributed by atoms with Gasteiger partial charge in [-0.15, -0.1) is 0 Å². The molecule has 1 aromatic rings. The van der Waals surface area contributed by atoms with E-state index in [1.165, 1.54) is 0 Å². The Morgan fingerprint density at radius 2 is 2.36 bits per heavy atom. The maximum absolute atomic E-state index is 8.43. The average Bonchev–Trinajstić information content (AvgIpc) is 2.26. The zero-order valence-corrected chi connectivity index (χ0v) is 8.23. The van der Waals surface area contributed by atoms with Gasteiger partial charge in [-0.2, -0.15) is 5.26 Å². The van der Waals surface area contributed by atoms with E-state index in [1.54, 1.807) is 7.11 Å². The number of rotatable bonds is 4. The van der Waals surface area contributed by atoms with E-state index in [1.807, 2.05) is 24.3 Å². The summed E-state index contributed by atoms with van der Waals surface area (Å²) in [5, 5.41) is 8.43. The summed E-state index contributed by atoms with van der Waals surface area (Å²) in [6.45, 7) is 0. The number of ether oxygens (including phenoxy) is 1. The number of nitrogens with two attached hydrogens (primary N) is 1. The molecule has 2 N–H and O–H groups in total. The van der Waals surface area contributed by atoms with Gasteiger partial charge < -0.3 is 10.5 Å². The molecular weight excluding hydrogens is 176 g/mol. The molecule has 0 aliphatic rings. The fourth-order valence-corrected chi connectivity index (χ4v) is 1.26. The fraction of sp³-hybridized carbons (Fsp3) is 0.364. The molecule has 0 amide bonds. The Morgan fingerprint density at radius 3 is 3.00 bits per heavy atom. The Kier molecular flexibility index (Phi) is 3.96. The summed E-state index contributed by atoms with van der Waals surface area (Å²) in [7, 11) is 1.62. The summed E-state index contributed by atoms with van der Waals surface area (Å²) < 4.78 is 5.09. The Labute approximate surface area is 84.1 Å². The van der Waals surface area contributed by atoms with Gasteiger partial charge in [0, 0.05) is 12.5 Å². The van der Waals surface area contributed by atoms with Crippen LogP contribution in [0.25, 0.3) is 0 Å². The van der Waals surface area contributed by atoms with Crippen molar-refractivity contribution in [3.05, 3.63) is 29.8 Å². The van der Waals surface area contributed by atoms with Crippen LogP contribution in [0.3, 0.4) is 0 Å². The van der Waals surface area contributed by atoms with Gasteiger partial charge in [0.05, 0.1) is 13.2 Å². The Balaban J connectivity index is 2.70. The molecule has 0 radical (unpaired) electrons. The van der Waals surface area contributed by atoms with Crippen LogP contribution in [-0.4, -0.2) is 7.11 Å². The van der Waals surface area contributed by atoms with Crippen molar-refractivity contribution in [2.45, 2.75) is 18.9 Å². The Bertz CT molecular complexity index is 330. The lowest BCUT2D eigenvalue weighted by molar-refractivity contribution is 0.413. The van der Waals surface area contributed by atoms with Crippen molar-refractivity contribution in [2.75, 3.05) is 7.11 Å². The second kappa shape index (κ2) is 5.25. The largest absolute Gasteiger partial charge is 0.497 e. The predicted octanol–water partition coefficient (Wildman–Crippen LogP) is 2.00. The van der Waals surface area contributed by atoms with Crippen molar-refractivity contribution < 1.29 is 4.74 Å². The third-order valence-electron chi connectivity index (χ3n) is 2.09. The van der Waals surface area contributed by atoms with Gasteiger partial charge >= 0.3 is 0 Å². The monoisotopic (exact) mass is 190 g/mol. The number of methoxy groups -OCH3 is 1. The van der Waals surface area contributed by atoms with E-state index in [9.17, 15) is 0 Å². The molecule has 0 spiro atoms. The van der Waals surface area contributed by atoms with Gasteiger partial charge in [0.1, 0.15) is 5.75 Å². The van der Waals surface area contributed by atoms with E-state index in [0.717, 1.165) is 11.3 Å². The summed E-state index contributed by atoms with van der Waals surface area (Å²) >= 11 is 0. The maximum Gasteiger partial charge on any atom is 0.119 e. The Hall–Kier alpha value is -1.53. The van der Waals surface area contributed by atoms with Crippen LogP contribution in [0, 0.1) is 11.3 Å². The maximum atomic E-state index is 8.43. The summed E-state index contributed by atoms with van der Waals surface area (Å²) in [6, 6.07) is 9.64. The van der Waals surface area contributed by atoms with E-state index < -0.39 is 0 Å². The molecule has 14 heavy (non-hydrogen) atoms. The van der Waals surface area contributed by atoms with Gasteiger partial charge in [-0.05, 0) is 24.1 Å². The van der Waals surface area contributed by atoms with E-state index >= 15 is 0 Å². The summed E-state index contributed by atoms with van der Waals surface area (Å²) in [5.74, 6) is 0.801. The molecule has 1 aromatic carbocycles. The van der Waals surface area contributed by atoms with E-state index in [2.05, 4.69) is 6.07 Å². The van der Waals surface area contributed by atoms with Crippen LogP contribution >= 0.6 is 0 Å². The molecule has 1 rings (SSSR count). The third kappa shape index (κ3) is 2.75. The van der Waals surface area contributed by atoms with Crippen molar-refractivity contribution in [2.24, 2.45) is 5.73 Å². The second-order valence-corrected chi connectivity index (χ2v) is 3.08. The van der Waals surface area contributed by atoms with Gasteiger partial charge in [0.2, 0.25) is 0 Å². The standard InChI is InChI=1S/C11H14N2O/c1-14-10-5-2-4-9(8-10)11(13)6-3-7-12/h2,4-5,8,11H,3,6,13H2,1H3. The molecule has 0 aliphatic heterocycles. The van der Waals surface area contributed by atoms with Crippen LogP contribution in [0.4, 0.5) is 0 Å². The van der Waals surface area contributed by atoms with Gasteiger partial charge in [-0.3, -0.25) is 0 Å². The molecule has 0 fully saturated rings. The van der Waals surface area contributed by atoms with Gasteiger partial charge in [-0.25, -0.2) is 0 Å². The van der Waals surface area contributed by atoms with Crippen LogP contribution in [0.1, 0.15) is 24.4 Å². The van der Waals surface area contributed by atoms with Crippen molar-refractivity contribution >= 4 is 0 Å². The van der Waals surface area contributed by atoms with Crippen LogP contribution in [-0.2, 0) is 0 Å². The average molecular weight is 190 g/mol.